The van der Waals surface area contributed by atoms with Crippen LogP contribution in [-0.4, -0.2) is 21.1 Å². The lowest BCUT2D eigenvalue weighted by Crippen LogP contribution is -2.53. The number of carboxylic acids is 1. The second-order valence-corrected chi connectivity index (χ2v) is 11.3. The average Bonchev–Trinajstić information content (AvgIpc) is 3.36. The minimum atomic E-state index is -1.45. The van der Waals surface area contributed by atoms with Crippen molar-refractivity contribution in [2.24, 2.45) is 22.7 Å². The molecule has 8 nitrogen and oxygen atoms in total. The van der Waals surface area contributed by atoms with Crippen molar-refractivity contribution in [3.05, 3.63) is 61.8 Å². The standard InChI is InChI=1S/C26H29ClN2O6/c1-14-22(17-12-34-13-18(17)23(28-14)15-5-7-16(27)8-6-15)26(35-29(32)33)20(11-21(30)31)19-9-10-25(26,4)24(19,2)3/h5-8,19-20H,9-13H2,1-4H3,(H,30,31)/t19?,20?,25?,26-/m1/s1. The number of hydrogen-bond acceptors (Lipinski definition) is 6. The summed E-state index contributed by atoms with van der Waals surface area (Å²) in [5, 5.41) is 21.8. The Kier molecular flexibility index (Phi) is 5.42. The number of fused-ring (bicyclic) bond motifs is 3. The zero-order chi connectivity index (χ0) is 25.3. The van der Waals surface area contributed by atoms with Crippen molar-refractivity contribution in [2.45, 2.75) is 65.8 Å². The number of hydrogen-bond donors (Lipinski definition) is 1. The van der Waals surface area contributed by atoms with Gasteiger partial charge in [-0.15, -0.1) is 10.1 Å². The smallest absolute Gasteiger partial charge is 0.303 e. The van der Waals surface area contributed by atoms with Crippen LogP contribution in [0.15, 0.2) is 24.3 Å². The van der Waals surface area contributed by atoms with Crippen LogP contribution in [0.25, 0.3) is 11.3 Å². The van der Waals surface area contributed by atoms with Crippen LogP contribution in [0.5, 0.6) is 0 Å². The SMILES string of the molecule is Cc1nc(-c2ccc(Cl)cc2)c2c(c1[C@]1(O[N+](=O)[O-])C(CC(=O)O)C3CCC1(C)C3(C)C)COC2. The van der Waals surface area contributed by atoms with Gasteiger partial charge in [-0.3, -0.25) is 9.78 Å². The highest BCUT2D eigenvalue weighted by molar-refractivity contribution is 6.30. The first kappa shape index (κ1) is 24.0. The number of nitrogens with zero attached hydrogens (tertiary/aromatic N) is 2. The third-order valence-corrected chi connectivity index (χ3v) is 9.57. The average molecular weight is 501 g/mol. The van der Waals surface area contributed by atoms with Gasteiger partial charge in [-0.2, -0.15) is 0 Å². The van der Waals surface area contributed by atoms with Crippen LogP contribution in [0.1, 0.15) is 62.4 Å². The van der Waals surface area contributed by atoms with E-state index in [0.717, 1.165) is 28.8 Å². The topological polar surface area (TPSA) is 112 Å². The fourth-order valence-electron chi connectivity index (χ4n) is 7.58. The molecule has 9 heteroatoms. The van der Waals surface area contributed by atoms with Crippen molar-refractivity contribution >= 4 is 17.6 Å². The van der Waals surface area contributed by atoms with Gasteiger partial charge in [-0.25, -0.2) is 0 Å². The number of ether oxygens (including phenoxy) is 1. The lowest BCUT2D eigenvalue weighted by molar-refractivity contribution is -0.793. The number of pyridine rings is 1. The van der Waals surface area contributed by atoms with E-state index in [1.54, 1.807) is 12.1 Å². The van der Waals surface area contributed by atoms with Crippen LogP contribution in [-0.2, 0) is 33.2 Å². The summed E-state index contributed by atoms with van der Waals surface area (Å²) in [5.74, 6) is -1.61. The molecule has 0 radical (unpaired) electrons. The monoisotopic (exact) mass is 500 g/mol. The molecule has 2 bridgehead atoms. The lowest BCUT2D eigenvalue weighted by Gasteiger charge is -2.50. The molecule has 35 heavy (non-hydrogen) atoms. The Morgan fingerprint density at radius 2 is 1.91 bits per heavy atom. The quantitative estimate of drug-likeness (QED) is 0.400. The van der Waals surface area contributed by atoms with Crippen molar-refractivity contribution < 1.29 is 24.6 Å². The molecule has 1 N–H and O–H groups in total. The highest BCUT2D eigenvalue weighted by atomic mass is 35.5. The Morgan fingerprint density at radius 1 is 1.26 bits per heavy atom. The van der Waals surface area contributed by atoms with Crippen LogP contribution >= 0.6 is 11.6 Å². The second-order valence-electron chi connectivity index (χ2n) is 10.8. The van der Waals surface area contributed by atoms with Gasteiger partial charge in [0.05, 0.1) is 25.3 Å². The molecule has 2 aromatic rings. The minimum Gasteiger partial charge on any atom is -0.481 e. The third-order valence-electron chi connectivity index (χ3n) is 9.32. The normalized spacial score (nSPS) is 30.3. The highest BCUT2D eigenvalue weighted by Crippen LogP contribution is 2.77. The molecule has 0 saturated heterocycles. The lowest BCUT2D eigenvalue weighted by atomic mass is 9.59. The number of carboxylic acid groups (broad SMARTS) is 1. The van der Waals surface area contributed by atoms with Gasteiger partial charge >= 0.3 is 5.97 Å². The number of benzene rings is 1. The van der Waals surface area contributed by atoms with Gasteiger partial charge in [0.15, 0.2) is 5.60 Å². The zero-order valence-electron chi connectivity index (χ0n) is 20.3. The van der Waals surface area contributed by atoms with E-state index in [0.29, 0.717) is 29.3 Å². The Bertz CT molecular complexity index is 1230. The van der Waals surface area contributed by atoms with Gasteiger partial charge in [-0.1, -0.05) is 44.5 Å². The molecule has 1 aliphatic heterocycles. The van der Waals surface area contributed by atoms with E-state index < -0.39 is 28.0 Å². The van der Waals surface area contributed by atoms with E-state index in [4.69, 9.17) is 26.2 Å². The van der Waals surface area contributed by atoms with Crippen molar-refractivity contribution in [1.29, 1.82) is 0 Å². The maximum Gasteiger partial charge on any atom is 0.303 e. The molecule has 1 aromatic heterocycles. The fraction of sp³-hybridized carbons (Fsp3) is 0.538. The summed E-state index contributed by atoms with van der Waals surface area (Å²) in [4.78, 5) is 34.9. The third kappa shape index (κ3) is 3.15. The summed E-state index contributed by atoms with van der Waals surface area (Å²) in [6.07, 6.45) is 1.28. The molecular weight excluding hydrogens is 472 g/mol. The van der Waals surface area contributed by atoms with E-state index in [1.807, 2.05) is 26.0 Å². The Morgan fingerprint density at radius 3 is 2.54 bits per heavy atom. The first-order valence-electron chi connectivity index (χ1n) is 11.9. The van der Waals surface area contributed by atoms with E-state index in [1.165, 1.54) is 0 Å². The van der Waals surface area contributed by atoms with Gasteiger partial charge in [0, 0.05) is 38.7 Å². The molecule has 3 unspecified atom stereocenters. The summed E-state index contributed by atoms with van der Waals surface area (Å²) < 4.78 is 5.88. The molecular formula is C26H29ClN2O6. The minimum absolute atomic E-state index is 0.0446. The summed E-state index contributed by atoms with van der Waals surface area (Å²) >= 11 is 6.09. The number of aromatic nitrogens is 1. The van der Waals surface area contributed by atoms with Gasteiger partial charge < -0.3 is 14.7 Å². The van der Waals surface area contributed by atoms with E-state index in [9.17, 15) is 20.0 Å². The Hall–Kier alpha value is -2.71. The summed E-state index contributed by atoms with van der Waals surface area (Å²) in [6, 6.07) is 7.37. The highest BCUT2D eigenvalue weighted by Gasteiger charge is 2.77. The molecule has 4 atom stereocenters. The van der Waals surface area contributed by atoms with Crippen molar-refractivity contribution in [3.8, 4) is 11.3 Å². The van der Waals surface area contributed by atoms with Gasteiger partial charge in [-0.05, 0) is 48.8 Å². The Balaban J connectivity index is 1.82. The maximum absolute atomic E-state index is 12.1. The van der Waals surface area contributed by atoms with E-state index >= 15 is 0 Å². The predicted octanol–water partition coefficient (Wildman–Crippen LogP) is 5.69. The largest absolute Gasteiger partial charge is 0.481 e. The fourth-order valence-corrected chi connectivity index (χ4v) is 7.70. The molecule has 2 saturated carbocycles. The first-order chi connectivity index (χ1) is 16.4. The molecule has 2 aliphatic carbocycles. The van der Waals surface area contributed by atoms with E-state index in [2.05, 4.69) is 13.8 Å². The molecule has 2 fully saturated rings. The summed E-state index contributed by atoms with van der Waals surface area (Å²) in [5.41, 5.74) is 2.02. The second kappa shape index (κ2) is 7.90. The molecule has 0 spiro atoms. The molecule has 186 valence electrons. The van der Waals surface area contributed by atoms with Crippen molar-refractivity contribution in [1.82, 2.24) is 4.98 Å². The predicted molar refractivity (Wildman–Crippen MR) is 128 cm³/mol. The number of halogens is 1. The van der Waals surface area contributed by atoms with Gasteiger partial charge in [0.1, 0.15) is 0 Å². The molecule has 5 rings (SSSR count). The van der Waals surface area contributed by atoms with Crippen LogP contribution in [0, 0.1) is 39.7 Å². The number of aryl methyl sites for hydroxylation is 1. The molecule has 3 aliphatic rings. The maximum atomic E-state index is 12.1. The van der Waals surface area contributed by atoms with Gasteiger partial charge in [0.25, 0.3) is 5.09 Å². The van der Waals surface area contributed by atoms with E-state index in [-0.39, 0.29) is 24.4 Å². The summed E-state index contributed by atoms with van der Waals surface area (Å²) in [7, 11) is 0. The van der Waals surface area contributed by atoms with Crippen LogP contribution in [0.3, 0.4) is 0 Å². The molecule has 0 amide bonds. The van der Waals surface area contributed by atoms with Crippen LogP contribution < -0.4 is 0 Å². The molecule has 1 aromatic carbocycles. The number of carbonyl (C=O) groups is 1. The zero-order valence-corrected chi connectivity index (χ0v) is 21.0. The molecule has 2 heterocycles. The van der Waals surface area contributed by atoms with Gasteiger partial charge in [0.2, 0.25) is 0 Å². The van der Waals surface area contributed by atoms with Crippen molar-refractivity contribution in [2.75, 3.05) is 0 Å². The van der Waals surface area contributed by atoms with Crippen LogP contribution in [0.2, 0.25) is 5.02 Å². The summed E-state index contributed by atoms with van der Waals surface area (Å²) in [6.45, 7) is 8.61. The Labute approximate surface area is 208 Å². The first-order valence-corrected chi connectivity index (χ1v) is 12.2. The van der Waals surface area contributed by atoms with Crippen LogP contribution in [0.4, 0.5) is 0 Å². The number of rotatable bonds is 6. The van der Waals surface area contributed by atoms with Crippen molar-refractivity contribution in [3.63, 3.8) is 0 Å². The number of aliphatic carboxylic acids is 1.